The molecule has 1 aromatic heterocycles. The zero-order chi connectivity index (χ0) is 25.1. The number of hydrogen-bond donors (Lipinski definition) is 3. The van der Waals surface area contributed by atoms with Crippen molar-refractivity contribution in [2.24, 2.45) is 17.4 Å². The van der Waals surface area contributed by atoms with Crippen LogP contribution in [0.4, 0.5) is 13.6 Å². The van der Waals surface area contributed by atoms with E-state index in [0.717, 1.165) is 12.8 Å². The summed E-state index contributed by atoms with van der Waals surface area (Å²) in [5, 5.41) is 2.87. The van der Waals surface area contributed by atoms with E-state index in [9.17, 15) is 18.4 Å². The van der Waals surface area contributed by atoms with E-state index >= 15 is 0 Å². The average molecular weight is 494 g/mol. The van der Waals surface area contributed by atoms with Gasteiger partial charge in [0, 0.05) is 24.7 Å². The number of primary amides is 1. The molecule has 12 heteroatoms. The minimum atomic E-state index is -3.00. The molecule has 1 aliphatic carbocycles. The molecular formula is C23H29F2N5O5. The molecule has 2 heterocycles. The first-order valence-electron chi connectivity index (χ1n) is 11.5. The fraction of sp³-hybridized carbons (Fsp3) is 0.522. The maximum atomic E-state index is 13.0. The van der Waals surface area contributed by atoms with E-state index in [1.54, 1.807) is 6.92 Å². The fourth-order valence-corrected chi connectivity index (χ4v) is 3.91. The molecule has 1 saturated carbocycles. The van der Waals surface area contributed by atoms with Crippen molar-refractivity contribution in [3.05, 3.63) is 29.7 Å². The summed E-state index contributed by atoms with van der Waals surface area (Å²) in [5.41, 5.74) is 11.8. The number of oxazole rings is 1. The number of nitrogens with one attached hydrogen (secondary N) is 1. The Balaban J connectivity index is 1.57. The van der Waals surface area contributed by atoms with E-state index in [1.807, 2.05) is 0 Å². The molecule has 2 atom stereocenters. The number of carbonyl (C=O) groups excluding carboxylic acids is 2. The van der Waals surface area contributed by atoms with Crippen LogP contribution in [0.15, 0.2) is 22.6 Å². The average Bonchev–Trinajstić information content (AvgIpc) is 3.53. The number of halogens is 2. The molecular weight excluding hydrogens is 464 g/mol. The van der Waals surface area contributed by atoms with E-state index in [0.29, 0.717) is 44.0 Å². The van der Waals surface area contributed by atoms with Gasteiger partial charge in [0.1, 0.15) is 0 Å². The summed E-state index contributed by atoms with van der Waals surface area (Å²) in [4.78, 5) is 30.3. The van der Waals surface area contributed by atoms with Crippen molar-refractivity contribution in [3.8, 4) is 23.0 Å². The summed E-state index contributed by atoms with van der Waals surface area (Å²) >= 11 is 0. The molecule has 5 N–H and O–H groups in total. The Morgan fingerprint density at radius 1 is 1.29 bits per heavy atom. The first kappa shape index (κ1) is 24.7. The topological polar surface area (TPSA) is 146 Å². The molecule has 4 rings (SSSR count). The third-order valence-electron chi connectivity index (χ3n) is 5.93. The summed E-state index contributed by atoms with van der Waals surface area (Å²) in [5.74, 6) is 0.197. The molecule has 2 fully saturated rings. The molecule has 2 aromatic rings. The molecule has 1 aliphatic heterocycles. The highest BCUT2D eigenvalue weighted by atomic mass is 19.3. The van der Waals surface area contributed by atoms with Crippen LogP contribution in [0.25, 0.3) is 11.5 Å². The van der Waals surface area contributed by atoms with Crippen molar-refractivity contribution in [2.75, 3.05) is 19.7 Å². The zero-order valence-electron chi connectivity index (χ0n) is 19.3. The number of nitrogens with two attached hydrogens (primary N) is 2. The number of amides is 3. The Kier molecular flexibility index (Phi) is 7.39. The number of rotatable bonds is 9. The largest absolute Gasteiger partial charge is 0.489 e. The highest BCUT2D eigenvalue weighted by molar-refractivity contribution is 5.94. The molecule has 0 radical (unpaired) electrons. The Hall–Kier alpha value is -3.41. The predicted octanol–water partition coefficient (Wildman–Crippen LogP) is 3.02. The third-order valence-corrected chi connectivity index (χ3v) is 5.93. The van der Waals surface area contributed by atoms with Crippen LogP contribution in [0, 0.1) is 5.92 Å². The van der Waals surface area contributed by atoms with Crippen LogP contribution >= 0.6 is 0 Å². The standard InChI is InChI=1S/C23H29F2N5O5/c1-12(26)19-18(20(31)28-15-3-2-8-30(10-15)23(27)32)29-21(35-19)14-6-7-16(34-22(24)25)17(9-14)33-11-13-4-5-13/h6-7,9,12-13,15,22H,2-5,8,10-11,26H2,1H3,(H2,27,32)(H,28,31)/t12-,15?/m0/s1. The van der Waals surface area contributed by atoms with Crippen LogP contribution in [0.2, 0.25) is 0 Å². The number of hydrogen-bond acceptors (Lipinski definition) is 7. The summed E-state index contributed by atoms with van der Waals surface area (Å²) in [6, 6.07) is 2.86. The van der Waals surface area contributed by atoms with Crippen LogP contribution in [0.5, 0.6) is 11.5 Å². The van der Waals surface area contributed by atoms with Gasteiger partial charge in [-0.2, -0.15) is 8.78 Å². The van der Waals surface area contributed by atoms with Gasteiger partial charge in [-0.15, -0.1) is 0 Å². The Morgan fingerprint density at radius 2 is 2.06 bits per heavy atom. The van der Waals surface area contributed by atoms with Gasteiger partial charge in [0.2, 0.25) is 5.89 Å². The minimum absolute atomic E-state index is 0.0135. The number of aromatic nitrogens is 1. The lowest BCUT2D eigenvalue weighted by atomic mass is 10.1. The molecule has 3 amide bonds. The Morgan fingerprint density at radius 3 is 2.71 bits per heavy atom. The molecule has 1 saturated heterocycles. The van der Waals surface area contributed by atoms with Gasteiger partial charge in [-0.25, -0.2) is 9.78 Å². The maximum absolute atomic E-state index is 13.0. The monoisotopic (exact) mass is 493 g/mol. The summed E-state index contributed by atoms with van der Waals surface area (Å²) in [6.07, 6.45) is 3.44. The van der Waals surface area contributed by atoms with Gasteiger partial charge in [0.15, 0.2) is 23.0 Å². The van der Waals surface area contributed by atoms with E-state index in [4.69, 9.17) is 20.6 Å². The van der Waals surface area contributed by atoms with Gasteiger partial charge in [0.05, 0.1) is 12.6 Å². The van der Waals surface area contributed by atoms with Crippen LogP contribution in [0.3, 0.4) is 0 Å². The Bertz CT molecular complexity index is 1070. The number of nitrogens with zero attached hydrogens (tertiary/aromatic N) is 2. The van der Waals surface area contributed by atoms with Crippen molar-refractivity contribution >= 4 is 11.9 Å². The van der Waals surface area contributed by atoms with Crippen molar-refractivity contribution in [3.63, 3.8) is 0 Å². The molecule has 35 heavy (non-hydrogen) atoms. The van der Waals surface area contributed by atoms with Crippen LogP contribution < -0.4 is 26.3 Å². The van der Waals surface area contributed by atoms with Crippen LogP contribution in [-0.2, 0) is 0 Å². The maximum Gasteiger partial charge on any atom is 0.387 e. The lowest BCUT2D eigenvalue weighted by Gasteiger charge is -2.31. The lowest BCUT2D eigenvalue weighted by molar-refractivity contribution is -0.0515. The van der Waals surface area contributed by atoms with E-state index in [-0.39, 0.29) is 34.9 Å². The van der Waals surface area contributed by atoms with Gasteiger partial charge in [-0.05, 0) is 56.7 Å². The molecule has 0 bridgehead atoms. The quantitative estimate of drug-likeness (QED) is 0.487. The first-order chi connectivity index (χ1) is 16.7. The van der Waals surface area contributed by atoms with Gasteiger partial charge in [-0.1, -0.05) is 0 Å². The second kappa shape index (κ2) is 10.5. The van der Waals surface area contributed by atoms with Crippen LogP contribution in [-0.4, -0.2) is 54.2 Å². The highest BCUT2D eigenvalue weighted by Gasteiger charge is 2.29. The molecule has 0 spiro atoms. The second-order valence-electron chi connectivity index (χ2n) is 8.91. The second-order valence-corrected chi connectivity index (χ2v) is 8.91. The molecule has 10 nitrogen and oxygen atoms in total. The number of benzene rings is 1. The number of carbonyl (C=O) groups is 2. The normalized spacial score (nSPS) is 18.9. The number of piperidine rings is 1. The van der Waals surface area contributed by atoms with Crippen molar-refractivity contribution in [1.82, 2.24) is 15.2 Å². The van der Waals surface area contributed by atoms with Gasteiger partial charge in [-0.3, -0.25) is 4.79 Å². The summed E-state index contributed by atoms with van der Waals surface area (Å²) in [6.45, 7) is -0.127. The number of likely N-dealkylation sites (tertiary alicyclic amines) is 1. The van der Waals surface area contributed by atoms with Crippen molar-refractivity contribution < 1.29 is 32.3 Å². The van der Waals surface area contributed by atoms with Crippen molar-refractivity contribution in [1.29, 1.82) is 0 Å². The smallest absolute Gasteiger partial charge is 0.387 e. The molecule has 1 unspecified atom stereocenters. The van der Waals surface area contributed by atoms with Gasteiger partial charge in [0.25, 0.3) is 5.91 Å². The summed E-state index contributed by atoms with van der Waals surface area (Å²) < 4.78 is 41.8. The molecule has 190 valence electrons. The number of urea groups is 1. The Labute approximate surface area is 200 Å². The van der Waals surface area contributed by atoms with E-state index in [1.165, 1.54) is 23.1 Å². The zero-order valence-corrected chi connectivity index (χ0v) is 19.3. The first-order valence-corrected chi connectivity index (χ1v) is 11.5. The number of alkyl halides is 2. The van der Waals surface area contributed by atoms with Crippen molar-refractivity contribution in [2.45, 2.75) is 51.3 Å². The highest BCUT2D eigenvalue weighted by Crippen LogP contribution is 2.37. The number of ether oxygens (including phenoxy) is 2. The minimum Gasteiger partial charge on any atom is -0.489 e. The fourth-order valence-electron chi connectivity index (χ4n) is 3.91. The van der Waals surface area contributed by atoms with Gasteiger partial charge >= 0.3 is 12.6 Å². The lowest BCUT2D eigenvalue weighted by Crippen LogP contribution is -2.51. The predicted molar refractivity (Wildman–Crippen MR) is 121 cm³/mol. The van der Waals surface area contributed by atoms with Gasteiger partial charge < -0.3 is 35.6 Å². The van der Waals surface area contributed by atoms with Crippen LogP contribution in [0.1, 0.15) is 54.9 Å². The summed E-state index contributed by atoms with van der Waals surface area (Å²) in [7, 11) is 0. The third kappa shape index (κ3) is 6.18. The van der Waals surface area contributed by atoms with E-state index in [2.05, 4.69) is 15.0 Å². The van der Waals surface area contributed by atoms with E-state index < -0.39 is 24.6 Å². The molecule has 2 aliphatic rings. The SMILES string of the molecule is C[C@H](N)c1oc(-c2ccc(OC(F)F)c(OCC3CC3)c2)nc1C(=O)NC1CCCN(C(N)=O)C1. The molecule has 1 aromatic carbocycles.